The van der Waals surface area contributed by atoms with Crippen LogP contribution >= 0.6 is 0 Å². The number of benzene rings is 1. The Kier molecular flexibility index (Phi) is 6.48. The van der Waals surface area contributed by atoms with Crippen LogP contribution in [0.3, 0.4) is 0 Å². The number of methoxy groups -OCH3 is 1. The number of rotatable bonds is 6. The summed E-state index contributed by atoms with van der Waals surface area (Å²) in [5.74, 6) is -1.17. The summed E-state index contributed by atoms with van der Waals surface area (Å²) in [5.41, 5.74) is -0.882. The van der Waals surface area contributed by atoms with E-state index in [0.717, 1.165) is 19.0 Å². The first-order valence-corrected chi connectivity index (χ1v) is 10.5. The molecule has 0 aliphatic carbocycles. The third-order valence-corrected chi connectivity index (χ3v) is 5.35. The standard InChI is InChI=1S/C22H21F3N6O3/c1-34-18-8-7-17(28-29-18)31-19(22(23,24)25)16(13-27-31)20(32)26-12-14-5-4-6-15(11-14)21(33)30-9-2-3-10-30/h4-8,11,13H,2-3,9-10,12H2,1H3,(H,26,32). The SMILES string of the molecule is COc1ccc(-n2ncc(C(=O)NCc3cccc(C(=O)N4CCCC4)c3)c2C(F)(F)F)nn1. The minimum absolute atomic E-state index is 0.0647. The van der Waals surface area contributed by atoms with Crippen LogP contribution in [0.5, 0.6) is 5.88 Å². The molecule has 3 heterocycles. The van der Waals surface area contributed by atoms with E-state index in [2.05, 4.69) is 20.6 Å². The molecule has 3 aromatic rings. The van der Waals surface area contributed by atoms with Crippen molar-refractivity contribution in [3.63, 3.8) is 0 Å². The van der Waals surface area contributed by atoms with Gasteiger partial charge in [0.1, 0.15) is 0 Å². The van der Waals surface area contributed by atoms with Gasteiger partial charge in [0.25, 0.3) is 11.8 Å². The number of hydrogen-bond donors (Lipinski definition) is 1. The molecule has 2 amide bonds. The van der Waals surface area contributed by atoms with Gasteiger partial charge in [-0.05, 0) is 36.6 Å². The first-order chi connectivity index (χ1) is 16.3. The van der Waals surface area contributed by atoms with Crippen molar-refractivity contribution >= 4 is 11.8 Å². The second-order valence-corrected chi connectivity index (χ2v) is 7.63. The van der Waals surface area contributed by atoms with Crippen LogP contribution in [0.15, 0.2) is 42.6 Å². The largest absolute Gasteiger partial charge is 0.480 e. The maximum absolute atomic E-state index is 13.8. The highest BCUT2D eigenvalue weighted by Gasteiger charge is 2.41. The fourth-order valence-corrected chi connectivity index (χ4v) is 3.69. The van der Waals surface area contributed by atoms with E-state index in [1.165, 1.54) is 19.2 Å². The Morgan fingerprint density at radius 2 is 1.88 bits per heavy atom. The van der Waals surface area contributed by atoms with Crippen molar-refractivity contribution in [3.05, 3.63) is 65.0 Å². The summed E-state index contributed by atoms with van der Waals surface area (Å²) in [6, 6.07) is 9.24. The number of ether oxygens (including phenoxy) is 1. The first kappa shape index (κ1) is 23.2. The van der Waals surface area contributed by atoms with E-state index in [1.54, 1.807) is 29.2 Å². The summed E-state index contributed by atoms with van der Waals surface area (Å²) in [5, 5.41) is 13.5. The number of halogens is 3. The Bertz CT molecular complexity index is 1190. The van der Waals surface area contributed by atoms with E-state index in [-0.39, 0.29) is 24.1 Å². The molecule has 0 atom stereocenters. The predicted octanol–water partition coefficient (Wildman–Crippen LogP) is 2.86. The van der Waals surface area contributed by atoms with Crippen molar-refractivity contribution in [2.45, 2.75) is 25.6 Å². The summed E-state index contributed by atoms with van der Waals surface area (Å²) < 4.78 is 46.9. The monoisotopic (exact) mass is 474 g/mol. The molecule has 4 rings (SSSR count). The van der Waals surface area contributed by atoms with E-state index in [0.29, 0.717) is 28.9 Å². The highest BCUT2D eigenvalue weighted by molar-refractivity contribution is 5.96. The smallest absolute Gasteiger partial charge is 0.434 e. The summed E-state index contributed by atoms with van der Waals surface area (Å²) in [7, 11) is 1.35. The van der Waals surface area contributed by atoms with Gasteiger partial charge < -0.3 is 15.0 Å². The predicted molar refractivity (Wildman–Crippen MR) is 113 cm³/mol. The maximum Gasteiger partial charge on any atom is 0.434 e. The van der Waals surface area contributed by atoms with Gasteiger partial charge >= 0.3 is 6.18 Å². The van der Waals surface area contributed by atoms with Crippen molar-refractivity contribution < 1.29 is 27.5 Å². The zero-order chi connectivity index (χ0) is 24.3. The average Bonchev–Trinajstić information content (AvgIpc) is 3.53. The van der Waals surface area contributed by atoms with Gasteiger partial charge in [-0.25, -0.2) is 4.68 Å². The topological polar surface area (TPSA) is 102 Å². The average molecular weight is 474 g/mol. The van der Waals surface area contributed by atoms with Crippen molar-refractivity contribution in [3.8, 4) is 11.7 Å². The molecule has 0 spiro atoms. The van der Waals surface area contributed by atoms with Gasteiger partial charge in [-0.15, -0.1) is 10.2 Å². The lowest BCUT2D eigenvalue weighted by molar-refractivity contribution is -0.143. The second-order valence-electron chi connectivity index (χ2n) is 7.63. The van der Waals surface area contributed by atoms with Crippen LogP contribution < -0.4 is 10.1 Å². The number of aromatic nitrogens is 4. The quantitative estimate of drug-likeness (QED) is 0.590. The molecule has 1 N–H and O–H groups in total. The second kappa shape index (κ2) is 9.49. The molecule has 2 aromatic heterocycles. The number of carbonyl (C=O) groups excluding carboxylic acids is 2. The molecule has 0 saturated carbocycles. The lowest BCUT2D eigenvalue weighted by Gasteiger charge is -2.16. The van der Waals surface area contributed by atoms with Crippen LogP contribution in [-0.2, 0) is 12.7 Å². The molecular formula is C22H21F3N6O3. The van der Waals surface area contributed by atoms with E-state index in [4.69, 9.17) is 4.74 Å². The van der Waals surface area contributed by atoms with Crippen LogP contribution in [0, 0.1) is 0 Å². The number of nitrogens with zero attached hydrogens (tertiary/aromatic N) is 5. The Morgan fingerprint density at radius 1 is 1.12 bits per heavy atom. The van der Waals surface area contributed by atoms with E-state index < -0.39 is 23.3 Å². The zero-order valence-corrected chi connectivity index (χ0v) is 18.2. The molecule has 1 aromatic carbocycles. The molecule has 0 bridgehead atoms. The van der Waals surface area contributed by atoms with Crippen molar-refractivity contribution in [1.82, 2.24) is 30.2 Å². The van der Waals surface area contributed by atoms with Crippen molar-refractivity contribution in [2.75, 3.05) is 20.2 Å². The Balaban J connectivity index is 1.53. The molecule has 0 radical (unpaired) electrons. The van der Waals surface area contributed by atoms with Crippen LogP contribution in [-0.4, -0.2) is 56.9 Å². The minimum atomic E-state index is -4.88. The molecule has 34 heavy (non-hydrogen) atoms. The third kappa shape index (κ3) is 4.85. The maximum atomic E-state index is 13.8. The van der Waals surface area contributed by atoms with E-state index in [1.807, 2.05) is 0 Å². The summed E-state index contributed by atoms with van der Waals surface area (Å²) in [6.45, 7) is 1.33. The highest BCUT2D eigenvalue weighted by atomic mass is 19.4. The van der Waals surface area contributed by atoms with Crippen LogP contribution in [0.2, 0.25) is 0 Å². The van der Waals surface area contributed by atoms with Crippen molar-refractivity contribution in [2.24, 2.45) is 0 Å². The van der Waals surface area contributed by atoms with Gasteiger partial charge in [0.2, 0.25) is 5.88 Å². The number of likely N-dealkylation sites (tertiary alicyclic amines) is 1. The third-order valence-electron chi connectivity index (χ3n) is 5.35. The minimum Gasteiger partial charge on any atom is -0.480 e. The number of nitrogens with one attached hydrogen (secondary N) is 1. The zero-order valence-electron chi connectivity index (χ0n) is 18.2. The highest BCUT2D eigenvalue weighted by Crippen LogP contribution is 2.33. The van der Waals surface area contributed by atoms with Gasteiger partial charge in [-0.2, -0.15) is 18.3 Å². The summed E-state index contributed by atoms with van der Waals surface area (Å²) in [4.78, 5) is 27.0. The number of hydrogen-bond acceptors (Lipinski definition) is 6. The summed E-state index contributed by atoms with van der Waals surface area (Å²) in [6.07, 6.45) is -2.14. The molecule has 178 valence electrons. The van der Waals surface area contributed by atoms with Crippen LogP contribution in [0.1, 0.15) is 44.8 Å². The van der Waals surface area contributed by atoms with E-state index >= 15 is 0 Å². The molecule has 9 nitrogen and oxygen atoms in total. The van der Waals surface area contributed by atoms with Gasteiger partial charge in [0, 0.05) is 31.3 Å². The number of amides is 2. The fraction of sp³-hybridized carbons (Fsp3) is 0.318. The molecule has 1 aliphatic rings. The molecule has 1 saturated heterocycles. The molecule has 1 aliphatic heterocycles. The summed E-state index contributed by atoms with van der Waals surface area (Å²) >= 11 is 0. The van der Waals surface area contributed by atoms with Crippen molar-refractivity contribution in [1.29, 1.82) is 0 Å². The molecule has 12 heteroatoms. The lowest BCUT2D eigenvalue weighted by atomic mass is 10.1. The molecular weight excluding hydrogens is 453 g/mol. The van der Waals surface area contributed by atoms with E-state index in [9.17, 15) is 22.8 Å². The van der Waals surface area contributed by atoms with Gasteiger partial charge in [0.05, 0.1) is 18.9 Å². The molecule has 1 fully saturated rings. The lowest BCUT2D eigenvalue weighted by Crippen LogP contribution is -2.28. The van der Waals surface area contributed by atoms with Gasteiger partial charge in [0.15, 0.2) is 11.5 Å². The van der Waals surface area contributed by atoms with Gasteiger partial charge in [-0.3, -0.25) is 9.59 Å². The normalized spacial score (nSPS) is 13.7. The van der Waals surface area contributed by atoms with Crippen LogP contribution in [0.25, 0.3) is 5.82 Å². The fourth-order valence-electron chi connectivity index (χ4n) is 3.69. The Morgan fingerprint density at radius 3 is 2.53 bits per heavy atom. The Labute approximate surface area is 192 Å². The Hall–Kier alpha value is -3.96. The van der Waals surface area contributed by atoms with Crippen LogP contribution in [0.4, 0.5) is 13.2 Å². The first-order valence-electron chi connectivity index (χ1n) is 10.5. The molecule has 0 unspecified atom stereocenters. The number of alkyl halides is 3. The van der Waals surface area contributed by atoms with Gasteiger partial charge in [-0.1, -0.05) is 12.1 Å². The number of carbonyl (C=O) groups is 2.